The lowest BCUT2D eigenvalue weighted by molar-refractivity contribution is 0.537. The third-order valence-corrected chi connectivity index (χ3v) is 6.09. The number of nitrogens with zero attached hydrogens (tertiary/aromatic N) is 1. The second-order valence-electron chi connectivity index (χ2n) is 5.55. The van der Waals surface area contributed by atoms with Gasteiger partial charge < -0.3 is 11.1 Å². The molecule has 1 fully saturated rings. The first kappa shape index (κ1) is 15.1. The van der Waals surface area contributed by atoms with E-state index in [1.807, 2.05) is 6.07 Å². The van der Waals surface area contributed by atoms with Crippen molar-refractivity contribution in [3.63, 3.8) is 0 Å². The van der Waals surface area contributed by atoms with E-state index >= 15 is 0 Å². The van der Waals surface area contributed by atoms with Crippen molar-refractivity contribution in [2.45, 2.75) is 31.1 Å². The molecule has 7 heteroatoms. The molecule has 2 unspecified atom stereocenters. The molecule has 0 aliphatic heterocycles. The molecule has 20 heavy (non-hydrogen) atoms. The van der Waals surface area contributed by atoms with Crippen molar-refractivity contribution in [2.24, 2.45) is 11.8 Å². The Morgan fingerprint density at radius 3 is 2.70 bits per heavy atom. The molecule has 1 aromatic heterocycles. The minimum atomic E-state index is -3.44. The van der Waals surface area contributed by atoms with Crippen LogP contribution in [0.2, 0.25) is 0 Å². The van der Waals surface area contributed by atoms with Crippen LogP contribution < -0.4 is 11.1 Å². The van der Waals surface area contributed by atoms with Gasteiger partial charge >= 0.3 is 0 Å². The summed E-state index contributed by atoms with van der Waals surface area (Å²) in [5.74, 6) is 1.30. The normalized spacial score (nSPS) is 22.6. The predicted octanol–water partition coefficient (Wildman–Crippen LogP) is 2.45. The summed E-state index contributed by atoms with van der Waals surface area (Å²) >= 11 is 1.12. The van der Waals surface area contributed by atoms with Crippen LogP contribution in [0.5, 0.6) is 0 Å². The topological polar surface area (TPSA) is 96.0 Å². The average Bonchev–Trinajstić information content (AvgIpc) is 2.89. The van der Waals surface area contributed by atoms with Gasteiger partial charge in [-0.3, -0.25) is 0 Å². The molecule has 0 radical (unpaired) electrons. The van der Waals surface area contributed by atoms with E-state index in [1.54, 1.807) is 0 Å². The van der Waals surface area contributed by atoms with Crippen molar-refractivity contribution in [3.05, 3.63) is 4.88 Å². The number of thiophene rings is 1. The van der Waals surface area contributed by atoms with Crippen LogP contribution in [0.1, 0.15) is 31.1 Å². The van der Waals surface area contributed by atoms with E-state index in [4.69, 9.17) is 11.0 Å². The summed E-state index contributed by atoms with van der Waals surface area (Å²) in [7, 11) is -3.44. The number of rotatable bonds is 4. The monoisotopic (exact) mass is 313 g/mol. The molecule has 0 spiro atoms. The predicted molar refractivity (Wildman–Crippen MR) is 81.6 cm³/mol. The molecule has 1 aromatic rings. The van der Waals surface area contributed by atoms with Gasteiger partial charge in [-0.15, -0.1) is 11.3 Å². The highest BCUT2D eigenvalue weighted by atomic mass is 32.2. The summed E-state index contributed by atoms with van der Waals surface area (Å²) in [6, 6.07) is 1.95. The fourth-order valence-corrected chi connectivity index (χ4v) is 5.12. The Balaban J connectivity index is 2.21. The number of hydrogen-bond donors (Lipinski definition) is 2. The molecule has 1 aliphatic carbocycles. The number of anilines is 2. The maximum absolute atomic E-state index is 11.8. The van der Waals surface area contributed by atoms with E-state index in [2.05, 4.69) is 12.2 Å². The molecule has 3 N–H and O–H groups in total. The van der Waals surface area contributed by atoms with Crippen LogP contribution in [0.25, 0.3) is 0 Å². The zero-order valence-corrected chi connectivity index (χ0v) is 13.3. The van der Waals surface area contributed by atoms with Gasteiger partial charge in [0, 0.05) is 12.8 Å². The highest BCUT2D eigenvalue weighted by molar-refractivity contribution is 7.91. The third kappa shape index (κ3) is 3.07. The Labute approximate surface area is 123 Å². The SMILES string of the molecule is CC1CCC(CNc2sc(C#N)c(N)c2S(C)(=O)=O)C1. The molecule has 2 atom stereocenters. The lowest BCUT2D eigenvalue weighted by Gasteiger charge is -2.12. The molecule has 1 heterocycles. The van der Waals surface area contributed by atoms with Crippen molar-refractivity contribution >= 4 is 31.9 Å². The summed E-state index contributed by atoms with van der Waals surface area (Å²) in [6.45, 7) is 2.97. The van der Waals surface area contributed by atoms with Gasteiger partial charge in [-0.05, 0) is 24.7 Å². The first-order chi connectivity index (χ1) is 9.32. The highest BCUT2D eigenvalue weighted by Gasteiger charge is 2.26. The molecular formula is C13H19N3O2S2. The van der Waals surface area contributed by atoms with Crippen LogP contribution in [0.3, 0.4) is 0 Å². The Morgan fingerprint density at radius 1 is 1.50 bits per heavy atom. The van der Waals surface area contributed by atoms with Gasteiger partial charge in [0.2, 0.25) is 0 Å². The van der Waals surface area contributed by atoms with Crippen molar-refractivity contribution in [1.82, 2.24) is 0 Å². The van der Waals surface area contributed by atoms with Crippen LogP contribution in [0.4, 0.5) is 10.7 Å². The van der Waals surface area contributed by atoms with Gasteiger partial charge in [0.15, 0.2) is 9.84 Å². The van der Waals surface area contributed by atoms with E-state index in [0.29, 0.717) is 10.9 Å². The van der Waals surface area contributed by atoms with Crippen LogP contribution in [-0.2, 0) is 9.84 Å². The molecular weight excluding hydrogens is 294 g/mol. The number of nitrogen functional groups attached to an aromatic ring is 1. The summed E-state index contributed by atoms with van der Waals surface area (Å²) in [6.07, 6.45) is 4.66. The van der Waals surface area contributed by atoms with Gasteiger partial charge in [0.1, 0.15) is 20.8 Å². The standard InChI is InChI=1S/C13H19N3O2S2/c1-8-3-4-9(5-8)7-16-13-12(20(2,17)18)11(15)10(6-14)19-13/h8-9,16H,3-5,7,15H2,1-2H3. The molecule has 0 amide bonds. The van der Waals surface area contributed by atoms with E-state index < -0.39 is 9.84 Å². The maximum atomic E-state index is 11.8. The van der Waals surface area contributed by atoms with Crippen LogP contribution >= 0.6 is 11.3 Å². The quantitative estimate of drug-likeness (QED) is 0.890. The minimum Gasteiger partial charge on any atom is -0.396 e. The summed E-state index contributed by atoms with van der Waals surface area (Å²) < 4.78 is 23.7. The van der Waals surface area contributed by atoms with Crippen molar-refractivity contribution in [2.75, 3.05) is 23.9 Å². The second-order valence-corrected chi connectivity index (χ2v) is 8.53. The summed E-state index contributed by atoms with van der Waals surface area (Å²) in [5, 5.41) is 12.7. The van der Waals surface area contributed by atoms with Gasteiger partial charge in [0.05, 0.1) is 5.69 Å². The van der Waals surface area contributed by atoms with Gasteiger partial charge in [-0.2, -0.15) is 5.26 Å². The van der Waals surface area contributed by atoms with Gasteiger partial charge in [-0.25, -0.2) is 8.42 Å². The van der Waals surface area contributed by atoms with Crippen molar-refractivity contribution < 1.29 is 8.42 Å². The number of nitrogens with two attached hydrogens (primary N) is 1. The average molecular weight is 313 g/mol. The summed E-state index contributed by atoms with van der Waals surface area (Å²) in [5.41, 5.74) is 5.85. The molecule has 110 valence electrons. The lowest BCUT2D eigenvalue weighted by Crippen LogP contribution is -2.13. The Hall–Kier alpha value is -1.26. The lowest BCUT2D eigenvalue weighted by atomic mass is 10.1. The first-order valence-corrected chi connectivity index (χ1v) is 9.30. The molecule has 0 saturated heterocycles. The third-order valence-electron chi connectivity index (χ3n) is 3.73. The molecule has 0 bridgehead atoms. The zero-order chi connectivity index (χ0) is 14.9. The van der Waals surface area contributed by atoms with Crippen LogP contribution in [-0.4, -0.2) is 21.2 Å². The van der Waals surface area contributed by atoms with E-state index in [0.717, 1.165) is 42.9 Å². The highest BCUT2D eigenvalue weighted by Crippen LogP contribution is 2.39. The molecule has 2 rings (SSSR count). The van der Waals surface area contributed by atoms with Crippen LogP contribution in [0, 0.1) is 23.2 Å². The molecule has 1 saturated carbocycles. The second kappa shape index (κ2) is 5.62. The van der Waals surface area contributed by atoms with Crippen molar-refractivity contribution in [1.29, 1.82) is 5.26 Å². The van der Waals surface area contributed by atoms with Crippen molar-refractivity contribution in [3.8, 4) is 6.07 Å². The number of sulfone groups is 1. The summed E-state index contributed by atoms with van der Waals surface area (Å²) in [4.78, 5) is 0.331. The zero-order valence-electron chi connectivity index (χ0n) is 11.6. The Kier molecular flexibility index (Phi) is 4.25. The van der Waals surface area contributed by atoms with E-state index in [1.165, 1.54) is 6.42 Å². The van der Waals surface area contributed by atoms with E-state index in [9.17, 15) is 8.42 Å². The number of nitrogens with one attached hydrogen (secondary N) is 1. The minimum absolute atomic E-state index is 0.0716. The Morgan fingerprint density at radius 2 is 2.20 bits per heavy atom. The molecule has 0 aromatic carbocycles. The number of hydrogen-bond acceptors (Lipinski definition) is 6. The van der Waals surface area contributed by atoms with Gasteiger partial charge in [0.25, 0.3) is 0 Å². The number of nitriles is 1. The van der Waals surface area contributed by atoms with Crippen LogP contribution in [0.15, 0.2) is 4.90 Å². The van der Waals surface area contributed by atoms with E-state index in [-0.39, 0.29) is 15.5 Å². The Bertz CT molecular complexity index is 643. The largest absolute Gasteiger partial charge is 0.396 e. The fourth-order valence-electron chi connectivity index (χ4n) is 2.74. The smallest absolute Gasteiger partial charge is 0.180 e. The molecule has 1 aliphatic rings. The molecule has 5 nitrogen and oxygen atoms in total. The van der Waals surface area contributed by atoms with Gasteiger partial charge in [-0.1, -0.05) is 13.3 Å². The fraction of sp³-hybridized carbons (Fsp3) is 0.615. The first-order valence-electron chi connectivity index (χ1n) is 6.59. The maximum Gasteiger partial charge on any atom is 0.180 e.